The number of amides is 1. The second-order valence-electron chi connectivity index (χ2n) is 4.94. The Kier molecular flexibility index (Phi) is 4.98. The summed E-state index contributed by atoms with van der Waals surface area (Å²) in [5.41, 5.74) is 1.60. The van der Waals surface area contributed by atoms with Gasteiger partial charge in [0.1, 0.15) is 11.5 Å². The number of carbonyl (C=O) groups excluding carboxylic acids is 1. The lowest BCUT2D eigenvalue weighted by Crippen LogP contribution is -2.22. The number of hydrogen-bond acceptors (Lipinski definition) is 2. The summed E-state index contributed by atoms with van der Waals surface area (Å²) in [6.07, 6.45) is 0. The number of carbonyl (C=O) groups is 1. The zero-order valence-electron chi connectivity index (χ0n) is 12.1. The molecule has 1 heterocycles. The Balaban J connectivity index is 1.67. The highest BCUT2D eigenvalue weighted by molar-refractivity contribution is 9.10. The van der Waals surface area contributed by atoms with Crippen LogP contribution >= 0.6 is 31.9 Å². The van der Waals surface area contributed by atoms with Crippen LogP contribution in [0.25, 0.3) is 11.3 Å². The second-order valence-corrected chi connectivity index (χ2v) is 6.71. The molecule has 0 spiro atoms. The molecule has 0 atom stereocenters. The molecular weight excluding hydrogens is 422 g/mol. The molecule has 3 rings (SSSR count). The largest absolute Gasteiger partial charge is 0.459 e. The molecule has 116 valence electrons. The van der Waals surface area contributed by atoms with Gasteiger partial charge in [0.25, 0.3) is 5.91 Å². The van der Waals surface area contributed by atoms with Crippen LogP contribution in [0.1, 0.15) is 16.1 Å². The maximum Gasteiger partial charge on any atom is 0.252 e. The molecule has 1 aromatic heterocycles. The molecule has 0 saturated heterocycles. The van der Waals surface area contributed by atoms with Gasteiger partial charge in [0.05, 0.1) is 12.1 Å². The van der Waals surface area contributed by atoms with E-state index in [2.05, 4.69) is 37.2 Å². The van der Waals surface area contributed by atoms with E-state index in [-0.39, 0.29) is 5.91 Å². The van der Waals surface area contributed by atoms with E-state index in [0.29, 0.717) is 17.9 Å². The molecule has 0 aliphatic heterocycles. The first kappa shape index (κ1) is 16.0. The predicted octanol–water partition coefficient (Wildman–Crippen LogP) is 5.40. The average molecular weight is 435 g/mol. The molecule has 3 nitrogen and oxygen atoms in total. The fraction of sp³-hybridized carbons (Fsp3) is 0.0556. The summed E-state index contributed by atoms with van der Waals surface area (Å²) in [7, 11) is 0. The lowest BCUT2D eigenvalue weighted by Gasteiger charge is -2.05. The van der Waals surface area contributed by atoms with E-state index in [9.17, 15) is 4.79 Å². The van der Waals surface area contributed by atoms with Crippen molar-refractivity contribution in [2.24, 2.45) is 0 Å². The van der Waals surface area contributed by atoms with Crippen LogP contribution < -0.4 is 5.32 Å². The molecule has 0 unspecified atom stereocenters. The van der Waals surface area contributed by atoms with E-state index < -0.39 is 0 Å². The van der Waals surface area contributed by atoms with Crippen LogP contribution in [0.3, 0.4) is 0 Å². The normalized spacial score (nSPS) is 10.5. The Labute approximate surface area is 151 Å². The van der Waals surface area contributed by atoms with Crippen LogP contribution in [0.5, 0.6) is 0 Å². The third-order valence-electron chi connectivity index (χ3n) is 3.33. The Morgan fingerprint density at radius 3 is 2.43 bits per heavy atom. The van der Waals surface area contributed by atoms with Crippen molar-refractivity contribution < 1.29 is 9.21 Å². The van der Waals surface area contributed by atoms with Crippen LogP contribution in [-0.2, 0) is 6.54 Å². The van der Waals surface area contributed by atoms with E-state index >= 15 is 0 Å². The van der Waals surface area contributed by atoms with Gasteiger partial charge in [-0.25, -0.2) is 0 Å². The van der Waals surface area contributed by atoms with E-state index in [1.165, 1.54) is 0 Å². The molecule has 5 heteroatoms. The SMILES string of the molecule is O=C(NCc1ccc(-c2ccc(Br)cc2)o1)c1ccccc1Br. The van der Waals surface area contributed by atoms with Crippen molar-refractivity contribution in [3.63, 3.8) is 0 Å². The Hall–Kier alpha value is -1.85. The number of nitrogens with one attached hydrogen (secondary N) is 1. The van der Waals surface area contributed by atoms with E-state index in [1.807, 2.05) is 54.6 Å². The highest BCUT2D eigenvalue weighted by atomic mass is 79.9. The maximum atomic E-state index is 12.2. The Bertz CT molecular complexity index is 825. The van der Waals surface area contributed by atoms with Crippen LogP contribution in [0.2, 0.25) is 0 Å². The summed E-state index contributed by atoms with van der Waals surface area (Å²) >= 11 is 6.79. The van der Waals surface area contributed by atoms with Gasteiger partial charge in [-0.3, -0.25) is 4.79 Å². The monoisotopic (exact) mass is 433 g/mol. The van der Waals surface area contributed by atoms with Crippen LogP contribution in [0.15, 0.2) is 74.0 Å². The Morgan fingerprint density at radius 1 is 0.957 bits per heavy atom. The van der Waals surface area contributed by atoms with Gasteiger partial charge in [0.2, 0.25) is 0 Å². The maximum absolute atomic E-state index is 12.2. The summed E-state index contributed by atoms with van der Waals surface area (Å²) < 4.78 is 7.58. The minimum atomic E-state index is -0.140. The molecule has 0 bridgehead atoms. The first-order valence-corrected chi connectivity index (χ1v) is 8.59. The van der Waals surface area contributed by atoms with E-state index in [4.69, 9.17) is 4.42 Å². The topological polar surface area (TPSA) is 42.2 Å². The zero-order chi connectivity index (χ0) is 16.2. The number of hydrogen-bond donors (Lipinski definition) is 1. The molecule has 0 saturated carbocycles. The van der Waals surface area contributed by atoms with Crippen molar-refractivity contribution in [1.82, 2.24) is 5.32 Å². The number of benzene rings is 2. The summed E-state index contributed by atoms with van der Waals surface area (Å²) in [5, 5.41) is 2.86. The van der Waals surface area contributed by atoms with Crippen molar-refractivity contribution in [2.45, 2.75) is 6.54 Å². The predicted molar refractivity (Wildman–Crippen MR) is 97.2 cm³/mol. The summed E-state index contributed by atoms with van der Waals surface area (Å²) in [5.74, 6) is 1.35. The molecule has 23 heavy (non-hydrogen) atoms. The van der Waals surface area contributed by atoms with E-state index in [0.717, 1.165) is 20.3 Å². The van der Waals surface area contributed by atoms with Gasteiger partial charge in [-0.1, -0.05) is 40.2 Å². The second kappa shape index (κ2) is 7.15. The minimum absolute atomic E-state index is 0.140. The third-order valence-corrected chi connectivity index (χ3v) is 4.55. The standard InChI is InChI=1S/C18H13Br2NO2/c19-13-7-5-12(6-8-13)17-10-9-14(23-17)11-21-18(22)15-3-1-2-4-16(15)20/h1-10H,11H2,(H,21,22). The number of rotatable bonds is 4. The summed E-state index contributed by atoms with van der Waals surface area (Å²) in [6, 6.07) is 19.0. The summed E-state index contributed by atoms with van der Waals surface area (Å²) in [6.45, 7) is 0.344. The Morgan fingerprint density at radius 2 is 1.70 bits per heavy atom. The third kappa shape index (κ3) is 3.92. The molecule has 2 aromatic carbocycles. The van der Waals surface area contributed by atoms with Crippen molar-refractivity contribution in [1.29, 1.82) is 0 Å². The molecule has 0 fully saturated rings. The molecule has 0 radical (unpaired) electrons. The van der Waals surface area contributed by atoms with Crippen LogP contribution in [0.4, 0.5) is 0 Å². The van der Waals surface area contributed by atoms with Gasteiger partial charge >= 0.3 is 0 Å². The molecule has 3 aromatic rings. The van der Waals surface area contributed by atoms with Gasteiger partial charge in [-0.05, 0) is 52.3 Å². The molecule has 1 N–H and O–H groups in total. The minimum Gasteiger partial charge on any atom is -0.459 e. The average Bonchev–Trinajstić information content (AvgIpc) is 3.03. The molecule has 0 aliphatic carbocycles. The number of furan rings is 1. The van der Waals surface area contributed by atoms with Gasteiger partial charge < -0.3 is 9.73 Å². The zero-order valence-corrected chi connectivity index (χ0v) is 15.2. The van der Waals surface area contributed by atoms with Crippen molar-refractivity contribution >= 4 is 37.8 Å². The van der Waals surface area contributed by atoms with Crippen molar-refractivity contribution in [2.75, 3.05) is 0 Å². The van der Waals surface area contributed by atoms with Gasteiger partial charge in [0.15, 0.2) is 0 Å². The summed E-state index contributed by atoms with van der Waals surface area (Å²) in [4.78, 5) is 12.2. The van der Waals surface area contributed by atoms with Crippen molar-refractivity contribution in [3.8, 4) is 11.3 Å². The van der Waals surface area contributed by atoms with Gasteiger partial charge in [-0.2, -0.15) is 0 Å². The number of halogens is 2. The fourth-order valence-electron chi connectivity index (χ4n) is 2.15. The van der Waals surface area contributed by atoms with E-state index in [1.54, 1.807) is 6.07 Å². The fourth-order valence-corrected chi connectivity index (χ4v) is 2.88. The van der Waals surface area contributed by atoms with Crippen LogP contribution in [0, 0.1) is 0 Å². The van der Waals surface area contributed by atoms with Crippen LogP contribution in [-0.4, -0.2) is 5.91 Å². The molecule has 0 aliphatic rings. The van der Waals surface area contributed by atoms with Crippen molar-refractivity contribution in [3.05, 3.63) is 80.9 Å². The first-order valence-electron chi connectivity index (χ1n) is 7.01. The quantitative estimate of drug-likeness (QED) is 0.597. The first-order chi connectivity index (χ1) is 11.1. The highest BCUT2D eigenvalue weighted by Gasteiger charge is 2.10. The van der Waals surface area contributed by atoms with Gasteiger partial charge in [-0.15, -0.1) is 0 Å². The molecule has 1 amide bonds. The lowest BCUT2D eigenvalue weighted by molar-refractivity contribution is 0.0947. The lowest BCUT2D eigenvalue weighted by atomic mass is 10.2. The van der Waals surface area contributed by atoms with Gasteiger partial charge in [0, 0.05) is 14.5 Å². The highest BCUT2D eigenvalue weighted by Crippen LogP contribution is 2.24. The molecular formula is C18H13Br2NO2. The smallest absolute Gasteiger partial charge is 0.252 e.